The zero-order valence-corrected chi connectivity index (χ0v) is 11.6. The lowest BCUT2D eigenvalue weighted by molar-refractivity contribution is -0.150. The summed E-state index contributed by atoms with van der Waals surface area (Å²) in [4.78, 5) is 25.2. The Labute approximate surface area is 121 Å². The Morgan fingerprint density at radius 3 is 2.90 bits per heavy atom. The van der Waals surface area contributed by atoms with Crippen molar-refractivity contribution >= 4 is 11.9 Å². The molecule has 1 aromatic rings. The van der Waals surface area contributed by atoms with Crippen LogP contribution in [0.1, 0.15) is 30.9 Å². The minimum atomic E-state index is -0.782. The van der Waals surface area contributed by atoms with E-state index in [4.69, 9.17) is 10.00 Å². The molecule has 1 aliphatic heterocycles. The van der Waals surface area contributed by atoms with E-state index >= 15 is 0 Å². The summed E-state index contributed by atoms with van der Waals surface area (Å²) in [7, 11) is 1.24. The van der Waals surface area contributed by atoms with Crippen LogP contribution in [-0.2, 0) is 14.3 Å². The lowest BCUT2D eigenvalue weighted by atomic mass is 10.0. The monoisotopic (exact) mass is 290 g/mol. The average molecular weight is 290 g/mol. The summed E-state index contributed by atoms with van der Waals surface area (Å²) in [6.45, 7) is 0. The Hall–Kier alpha value is -2.42. The van der Waals surface area contributed by atoms with Crippen molar-refractivity contribution in [2.45, 2.75) is 31.3 Å². The van der Waals surface area contributed by atoms with E-state index in [0.717, 1.165) is 0 Å². The zero-order valence-electron chi connectivity index (χ0n) is 11.6. The highest BCUT2D eigenvalue weighted by Crippen LogP contribution is 2.34. The molecule has 2 unspecified atom stereocenters. The molecule has 1 aromatic carbocycles. The van der Waals surface area contributed by atoms with Crippen molar-refractivity contribution in [3.8, 4) is 6.07 Å². The zero-order chi connectivity index (χ0) is 15.4. The predicted molar refractivity (Wildman–Crippen MR) is 71.3 cm³/mol. The fourth-order valence-corrected chi connectivity index (χ4v) is 2.65. The number of methoxy groups -OCH3 is 1. The molecule has 0 N–H and O–H groups in total. The molecule has 5 nitrogen and oxygen atoms in total. The van der Waals surface area contributed by atoms with Crippen molar-refractivity contribution in [1.82, 2.24) is 4.90 Å². The summed E-state index contributed by atoms with van der Waals surface area (Å²) in [5, 5.41) is 8.99. The second kappa shape index (κ2) is 6.35. The first kappa shape index (κ1) is 15.0. The number of nitriles is 1. The van der Waals surface area contributed by atoms with Gasteiger partial charge in [0.1, 0.15) is 11.9 Å². The Balaban J connectivity index is 2.41. The van der Waals surface area contributed by atoms with Gasteiger partial charge in [0, 0.05) is 12.0 Å². The maximum Gasteiger partial charge on any atom is 0.328 e. The summed E-state index contributed by atoms with van der Waals surface area (Å²) in [6, 6.07) is 6.38. The van der Waals surface area contributed by atoms with Gasteiger partial charge < -0.3 is 9.64 Å². The molecular weight excluding hydrogens is 275 g/mol. The van der Waals surface area contributed by atoms with Crippen LogP contribution in [0.15, 0.2) is 24.3 Å². The largest absolute Gasteiger partial charge is 0.467 e. The van der Waals surface area contributed by atoms with Crippen LogP contribution in [0, 0.1) is 17.1 Å². The number of carbonyl (C=O) groups is 2. The van der Waals surface area contributed by atoms with Gasteiger partial charge in [-0.25, -0.2) is 9.18 Å². The van der Waals surface area contributed by atoms with E-state index < -0.39 is 23.9 Å². The minimum Gasteiger partial charge on any atom is -0.467 e. The molecule has 6 heteroatoms. The molecule has 110 valence electrons. The molecule has 0 aromatic heterocycles. The quantitative estimate of drug-likeness (QED) is 0.795. The van der Waals surface area contributed by atoms with Crippen molar-refractivity contribution in [1.29, 1.82) is 5.26 Å². The number of hydrogen-bond donors (Lipinski definition) is 0. The van der Waals surface area contributed by atoms with Gasteiger partial charge in [0.2, 0.25) is 5.91 Å². The summed E-state index contributed by atoms with van der Waals surface area (Å²) >= 11 is 0. The number of ether oxygens (including phenoxy) is 1. The van der Waals surface area contributed by atoms with Crippen molar-refractivity contribution in [2.75, 3.05) is 7.11 Å². The molecule has 0 aliphatic carbocycles. The van der Waals surface area contributed by atoms with Gasteiger partial charge in [-0.15, -0.1) is 0 Å². The maximum absolute atomic E-state index is 14.0. The van der Waals surface area contributed by atoms with Crippen molar-refractivity contribution < 1.29 is 18.7 Å². The summed E-state index contributed by atoms with van der Waals surface area (Å²) in [5.41, 5.74) is 0.239. The van der Waals surface area contributed by atoms with Gasteiger partial charge >= 0.3 is 5.97 Å². The predicted octanol–water partition coefficient (Wildman–Crippen LogP) is 1.94. The third-order valence-electron chi connectivity index (χ3n) is 3.61. The molecule has 0 bridgehead atoms. The molecule has 1 heterocycles. The van der Waals surface area contributed by atoms with Crippen molar-refractivity contribution in [2.24, 2.45) is 0 Å². The normalized spacial score (nSPS) is 19.2. The van der Waals surface area contributed by atoms with E-state index in [1.165, 1.54) is 30.2 Å². The molecule has 2 atom stereocenters. The Morgan fingerprint density at radius 2 is 2.29 bits per heavy atom. The smallest absolute Gasteiger partial charge is 0.328 e. The molecule has 0 saturated carbocycles. The molecular formula is C15H15FN2O3. The van der Waals surface area contributed by atoms with Gasteiger partial charge in [0.05, 0.1) is 25.6 Å². The van der Waals surface area contributed by atoms with Crippen molar-refractivity contribution in [3.05, 3.63) is 35.6 Å². The minimum absolute atomic E-state index is 0.0832. The lowest BCUT2D eigenvalue weighted by Gasteiger charge is -2.31. The molecule has 1 fully saturated rings. The van der Waals surface area contributed by atoms with Gasteiger partial charge in [0.15, 0.2) is 0 Å². The average Bonchev–Trinajstić information content (AvgIpc) is 2.86. The highest BCUT2D eigenvalue weighted by Gasteiger charge is 2.42. The summed E-state index contributed by atoms with van der Waals surface area (Å²) in [6.07, 6.45) is 0.429. The fraction of sp³-hybridized carbons (Fsp3) is 0.400. The topological polar surface area (TPSA) is 70.4 Å². The van der Waals surface area contributed by atoms with Crippen LogP contribution in [0.3, 0.4) is 0 Å². The fourth-order valence-electron chi connectivity index (χ4n) is 2.65. The second-order valence-corrected chi connectivity index (χ2v) is 4.78. The number of carbonyl (C=O) groups excluding carboxylic acids is 2. The van der Waals surface area contributed by atoms with Crippen LogP contribution in [0.2, 0.25) is 0 Å². The lowest BCUT2D eigenvalue weighted by Crippen LogP contribution is -2.42. The van der Waals surface area contributed by atoms with Crippen molar-refractivity contribution in [3.63, 3.8) is 0 Å². The Bertz CT molecular complexity index is 597. The SMILES string of the molecule is COC(=O)C1CCC(=O)N1C(CC#N)c1ccccc1F. The molecule has 0 radical (unpaired) electrons. The number of amides is 1. The van der Waals surface area contributed by atoms with Gasteiger partial charge in [-0.1, -0.05) is 18.2 Å². The van der Waals surface area contributed by atoms with Gasteiger partial charge in [0.25, 0.3) is 0 Å². The van der Waals surface area contributed by atoms with E-state index in [2.05, 4.69) is 0 Å². The first-order valence-electron chi connectivity index (χ1n) is 6.60. The number of esters is 1. The molecule has 21 heavy (non-hydrogen) atoms. The number of halogens is 1. The van der Waals surface area contributed by atoms with E-state index in [1.807, 2.05) is 6.07 Å². The second-order valence-electron chi connectivity index (χ2n) is 4.78. The number of hydrogen-bond acceptors (Lipinski definition) is 4. The van der Waals surface area contributed by atoms with E-state index in [1.54, 1.807) is 6.07 Å². The number of likely N-dealkylation sites (tertiary alicyclic amines) is 1. The van der Waals surface area contributed by atoms with E-state index in [9.17, 15) is 14.0 Å². The standard InChI is InChI=1S/C15H15FN2O3/c1-21-15(20)13-6-7-14(19)18(13)12(8-9-17)10-4-2-3-5-11(10)16/h2-5,12-13H,6-8H2,1H3. The molecule has 2 rings (SSSR count). The van der Waals surface area contributed by atoms with Gasteiger partial charge in [-0.2, -0.15) is 5.26 Å². The van der Waals surface area contributed by atoms with E-state index in [0.29, 0.717) is 6.42 Å². The Morgan fingerprint density at radius 1 is 1.57 bits per heavy atom. The third kappa shape index (κ3) is 2.87. The number of rotatable bonds is 4. The highest BCUT2D eigenvalue weighted by molar-refractivity contribution is 5.88. The molecule has 0 spiro atoms. The van der Waals surface area contributed by atoms with Crippen LogP contribution < -0.4 is 0 Å². The van der Waals surface area contributed by atoms with Gasteiger partial charge in [-0.05, 0) is 12.5 Å². The first-order chi connectivity index (χ1) is 10.1. The van der Waals surface area contributed by atoms with Crippen LogP contribution >= 0.6 is 0 Å². The summed E-state index contributed by atoms with van der Waals surface area (Å²) in [5.74, 6) is -1.31. The third-order valence-corrected chi connectivity index (χ3v) is 3.61. The molecule has 1 saturated heterocycles. The van der Waals surface area contributed by atoms with E-state index in [-0.39, 0.29) is 24.3 Å². The maximum atomic E-state index is 14.0. The van der Waals surface area contributed by atoms with Crippen LogP contribution in [-0.4, -0.2) is 29.9 Å². The Kier molecular flexibility index (Phi) is 4.53. The van der Waals surface area contributed by atoms with Crippen LogP contribution in [0.25, 0.3) is 0 Å². The van der Waals surface area contributed by atoms with Gasteiger partial charge in [-0.3, -0.25) is 4.79 Å². The summed E-state index contributed by atoms with van der Waals surface area (Å²) < 4.78 is 18.7. The highest BCUT2D eigenvalue weighted by atomic mass is 19.1. The van der Waals surface area contributed by atoms with Crippen LogP contribution in [0.4, 0.5) is 4.39 Å². The molecule has 1 aliphatic rings. The number of nitrogens with zero attached hydrogens (tertiary/aromatic N) is 2. The van der Waals surface area contributed by atoms with Crippen LogP contribution in [0.5, 0.6) is 0 Å². The number of benzene rings is 1. The molecule has 1 amide bonds. The first-order valence-corrected chi connectivity index (χ1v) is 6.60.